The van der Waals surface area contributed by atoms with Gasteiger partial charge in [-0.1, -0.05) is 17.7 Å². The molecule has 1 atom stereocenters. The number of aryl methyl sites for hydroxylation is 2. The maximum absolute atomic E-state index is 12.3. The van der Waals surface area contributed by atoms with Gasteiger partial charge in [0.25, 0.3) is 5.91 Å². The van der Waals surface area contributed by atoms with Crippen LogP contribution < -0.4 is 5.32 Å². The monoisotopic (exact) mass is 384 g/mol. The third-order valence-electron chi connectivity index (χ3n) is 3.95. The first-order valence-corrected chi connectivity index (χ1v) is 9.28. The van der Waals surface area contributed by atoms with Crippen molar-refractivity contribution >= 4 is 34.0 Å². The summed E-state index contributed by atoms with van der Waals surface area (Å²) < 4.78 is 5.09. The topological polar surface area (TPSA) is 96.3 Å². The van der Waals surface area contributed by atoms with Crippen LogP contribution >= 0.6 is 11.3 Å². The van der Waals surface area contributed by atoms with Gasteiger partial charge in [0.05, 0.1) is 12.0 Å². The fraction of sp³-hybridized carbons (Fsp3) is 0.300. The number of carbonyl (C=O) groups is 3. The minimum atomic E-state index is -1.03. The number of amides is 1. The molecule has 0 saturated heterocycles. The third-order valence-corrected chi connectivity index (χ3v) is 4.78. The van der Waals surface area contributed by atoms with Crippen molar-refractivity contribution in [2.45, 2.75) is 39.7 Å². The number of hydrogen-bond donors (Lipinski definition) is 1. The normalized spacial score (nSPS) is 11.3. The lowest BCUT2D eigenvalue weighted by Gasteiger charge is -2.13. The third kappa shape index (κ3) is 5.50. The number of ether oxygens (including phenoxy) is 1. The number of carbonyl (C=O) groups excluding carboxylic acids is 3. The van der Waals surface area contributed by atoms with E-state index in [2.05, 4.69) is 5.32 Å². The van der Waals surface area contributed by atoms with Crippen molar-refractivity contribution in [1.82, 2.24) is 0 Å². The highest BCUT2D eigenvalue weighted by atomic mass is 32.1. The Hall–Kier alpha value is -2.98. The molecule has 0 unspecified atom stereocenters. The van der Waals surface area contributed by atoms with E-state index in [0.29, 0.717) is 16.1 Å². The highest BCUT2D eigenvalue weighted by molar-refractivity contribution is 7.14. The summed E-state index contributed by atoms with van der Waals surface area (Å²) in [6.07, 6.45) is -1.12. The zero-order valence-electron chi connectivity index (χ0n) is 15.4. The standard InChI is InChI=1S/C20H20N2O4S/c1-12-4-5-13(2)16(10-12)17(23)6-7-18(24)26-14(3)19(25)22-20-15(11-21)8-9-27-20/h4-5,8-10,14H,6-7H2,1-3H3,(H,22,25)/t14-/m0/s1. The van der Waals surface area contributed by atoms with E-state index in [1.165, 1.54) is 18.3 Å². The smallest absolute Gasteiger partial charge is 0.307 e. The highest BCUT2D eigenvalue weighted by Gasteiger charge is 2.20. The van der Waals surface area contributed by atoms with E-state index >= 15 is 0 Å². The van der Waals surface area contributed by atoms with Crippen LogP contribution in [-0.4, -0.2) is 23.8 Å². The number of rotatable bonds is 7. The molecule has 1 amide bonds. The molecule has 27 heavy (non-hydrogen) atoms. The van der Waals surface area contributed by atoms with Crippen molar-refractivity contribution in [2.75, 3.05) is 5.32 Å². The first kappa shape index (κ1) is 20.3. The van der Waals surface area contributed by atoms with Crippen molar-refractivity contribution in [3.8, 4) is 6.07 Å². The van der Waals surface area contributed by atoms with Crippen LogP contribution in [0.25, 0.3) is 0 Å². The lowest BCUT2D eigenvalue weighted by atomic mass is 9.99. The number of anilines is 1. The number of esters is 1. The molecular formula is C20H20N2O4S. The summed E-state index contributed by atoms with van der Waals surface area (Å²) in [4.78, 5) is 36.4. The van der Waals surface area contributed by atoms with E-state index in [1.54, 1.807) is 17.5 Å². The molecule has 2 aromatic rings. The molecule has 1 N–H and O–H groups in total. The minimum absolute atomic E-state index is 0.0149. The minimum Gasteiger partial charge on any atom is -0.453 e. The Morgan fingerprint density at radius 1 is 1.22 bits per heavy atom. The molecule has 0 saturated carbocycles. The molecule has 7 heteroatoms. The first-order valence-electron chi connectivity index (χ1n) is 8.40. The summed E-state index contributed by atoms with van der Waals surface area (Å²) in [5.41, 5.74) is 2.78. The van der Waals surface area contributed by atoms with Gasteiger partial charge in [-0.15, -0.1) is 11.3 Å². The number of benzene rings is 1. The molecule has 0 aliphatic rings. The molecule has 6 nitrogen and oxygen atoms in total. The maximum Gasteiger partial charge on any atom is 0.307 e. The van der Waals surface area contributed by atoms with Gasteiger partial charge in [0.2, 0.25) is 0 Å². The Balaban J connectivity index is 1.86. The van der Waals surface area contributed by atoms with E-state index < -0.39 is 18.0 Å². The highest BCUT2D eigenvalue weighted by Crippen LogP contribution is 2.22. The first-order chi connectivity index (χ1) is 12.8. The van der Waals surface area contributed by atoms with Gasteiger partial charge in [-0.25, -0.2) is 0 Å². The summed E-state index contributed by atoms with van der Waals surface area (Å²) in [5.74, 6) is -1.28. The number of ketones is 1. The molecule has 140 valence electrons. The predicted octanol–water partition coefficient (Wildman–Crippen LogP) is 3.77. The second-order valence-electron chi connectivity index (χ2n) is 6.14. The SMILES string of the molecule is Cc1ccc(C)c(C(=O)CCC(=O)O[C@@H](C)C(=O)Nc2sccc2C#N)c1. The zero-order valence-corrected chi connectivity index (χ0v) is 16.2. The van der Waals surface area contributed by atoms with E-state index in [0.717, 1.165) is 11.1 Å². The van der Waals surface area contributed by atoms with Gasteiger partial charge in [0.1, 0.15) is 11.1 Å². The number of thiophene rings is 1. The summed E-state index contributed by atoms with van der Waals surface area (Å²) in [6.45, 7) is 5.19. The van der Waals surface area contributed by atoms with Gasteiger partial charge in [0.15, 0.2) is 11.9 Å². The lowest BCUT2D eigenvalue weighted by Crippen LogP contribution is -2.30. The zero-order chi connectivity index (χ0) is 20.0. The van der Waals surface area contributed by atoms with Gasteiger partial charge in [0, 0.05) is 12.0 Å². The molecule has 0 radical (unpaired) electrons. The van der Waals surface area contributed by atoms with Crippen LogP contribution in [0.3, 0.4) is 0 Å². The van der Waals surface area contributed by atoms with Gasteiger partial charge in [-0.2, -0.15) is 5.26 Å². The van der Waals surface area contributed by atoms with Crippen molar-refractivity contribution in [3.63, 3.8) is 0 Å². The fourth-order valence-corrected chi connectivity index (χ4v) is 3.14. The molecule has 0 aliphatic heterocycles. The molecule has 0 spiro atoms. The summed E-state index contributed by atoms with van der Waals surface area (Å²) in [6, 6.07) is 9.15. The Bertz CT molecular complexity index is 911. The van der Waals surface area contributed by atoms with E-state index in [9.17, 15) is 14.4 Å². The number of nitriles is 1. The van der Waals surface area contributed by atoms with Crippen LogP contribution in [0.2, 0.25) is 0 Å². The largest absolute Gasteiger partial charge is 0.453 e. The van der Waals surface area contributed by atoms with Crippen molar-refractivity contribution in [1.29, 1.82) is 5.26 Å². The van der Waals surface area contributed by atoms with Gasteiger partial charge in [-0.3, -0.25) is 14.4 Å². The van der Waals surface area contributed by atoms with Crippen LogP contribution in [0.1, 0.15) is 46.8 Å². The Kier molecular flexibility index (Phi) is 6.85. The summed E-state index contributed by atoms with van der Waals surface area (Å²) in [5, 5.41) is 13.6. The van der Waals surface area contributed by atoms with Crippen LogP contribution in [-0.2, 0) is 14.3 Å². The molecule has 0 fully saturated rings. The molecule has 1 aromatic carbocycles. The Labute approximate surface area is 161 Å². The maximum atomic E-state index is 12.3. The van der Waals surface area contributed by atoms with Crippen molar-refractivity contribution < 1.29 is 19.1 Å². The molecule has 0 aliphatic carbocycles. The van der Waals surface area contributed by atoms with Crippen molar-refractivity contribution in [2.24, 2.45) is 0 Å². The number of hydrogen-bond acceptors (Lipinski definition) is 6. The van der Waals surface area contributed by atoms with Gasteiger partial charge in [-0.05, 0) is 43.8 Å². The summed E-state index contributed by atoms with van der Waals surface area (Å²) >= 11 is 1.21. The second kappa shape index (κ2) is 9.10. The van der Waals surface area contributed by atoms with Crippen LogP contribution in [0, 0.1) is 25.2 Å². The number of Topliss-reactive ketones (excluding diaryl/α,β-unsaturated/α-hetero) is 1. The van der Waals surface area contributed by atoms with E-state index in [-0.39, 0.29) is 18.6 Å². The second-order valence-corrected chi connectivity index (χ2v) is 7.05. The van der Waals surface area contributed by atoms with Crippen LogP contribution in [0.5, 0.6) is 0 Å². The fourth-order valence-electron chi connectivity index (χ4n) is 2.40. The van der Waals surface area contributed by atoms with E-state index in [4.69, 9.17) is 10.00 Å². The Morgan fingerprint density at radius 2 is 1.96 bits per heavy atom. The number of nitrogens with zero attached hydrogens (tertiary/aromatic N) is 1. The van der Waals surface area contributed by atoms with E-state index in [1.807, 2.05) is 32.0 Å². The van der Waals surface area contributed by atoms with Crippen LogP contribution in [0.15, 0.2) is 29.6 Å². The van der Waals surface area contributed by atoms with Gasteiger partial charge < -0.3 is 10.1 Å². The number of nitrogens with one attached hydrogen (secondary N) is 1. The Morgan fingerprint density at radius 3 is 2.67 bits per heavy atom. The predicted molar refractivity (Wildman–Crippen MR) is 103 cm³/mol. The summed E-state index contributed by atoms with van der Waals surface area (Å²) in [7, 11) is 0. The quantitative estimate of drug-likeness (QED) is 0.579. The molecule has 2 rings (SSSR count). The molecule has 1 aromatic heterocycles. The average Bonchev–Trinajstić information content (AvgIpc) is 3.08. The molecular weight excluding hydrogens is 364 g/mol. The average molecular weight is 384 g/mol. The van der Waals surface area contributed by atoms with Gasteiger partial charge >= 0.3 is 5.97 Å². The molecule has 1 heterocycles. The lowest BCUT2D eigenvalue weighted by molar-refractivity contribution is -0.153. The molecule has 0 bridgehead atoms. The van der Waals surface area contributed by atoms with Crippen LogP contribution in [0.4, 0.5) is 5.00 Å². The van der Waals surface area contributed by atoms with Crippen molar-refractivity contribution in [3.05, 3.63) is 51.9 Å².